The van der Waals surface area contributed by atoms with Crippen LogP contribution in [0.15, 0.2) is 24.3 Å². The fourth-order valence-corrected chi connectivity index (χ4v) is 2.05. The molecule has 1 aromatic carbocycles. The molecule has 1 unspecified atom stereocenters. The van der Waals surface area contributed by atoms with Crippen LogP contribution in [0.2, 0.25) is 0 Å². The molecule has 1 aliphatic rings. The second-order valence-electron chi connectivity index (χ2n) is 4.28. The summed E-state index contributed by atoms with van der Waals surface area (Å²) in [6.07, 6.45) is 0.573. The predicted octanol–water partition coefficient (Wildman–Crippen LogP) is 0.576. The lowest BCUT2D eigenvalue weighted by atomic mass is 10.1. The first-order valence-electron chi connectivity index (χ1n) is 5.52. The summed E-state index contributed by atoms with van der Waals surface area (Å²) < 4.78 is 0. The predicted molar refractivity (Wildman–Crippen MR) is 63.4 cm³/mol. The summed E-state index contributed by atoms with van der Waals surface area (Å²) in [6, 6.07) is 7.65. The molecule has 4 nitrogen and oxygen atoms in total. The van der Waals surface area contributed by atoms with E-state index in [1.807, 2.05) is 29.2 Å². The summed E-state index contributed by atoms with van der Waals surface area (Å²) >= 11 is 0. The largest absolute Gasteiger partial charge is 0.398 e. The van der Waals surface area contributed by atoms with Crippen LogP contribution in [0.4, 0.5) is 5.69 Å². The number of hydrogen-bond acceptors (Lipinski definition) is 3. The number of rotatable bonds is 3. The highest BCUT2D eigenvalue weighted by Crippen LogP contribution is 2.21. The molecule has 86 valence electrons. The number of para-hydroxylation sites is 1. The van der Waals surface area contributed by atoms with Crippen LogP contribution >= 0.6 is 0 Å². The van der Waals surface area contributed by atoms with Crippen molar-refractivity contribution >= 4 is 11.6 Å². The normalized spacial score (nSPS) is 20.4. The fraction of sp³-hybridized carbons (Fsp3) is 0.417. The first-order valence-corrected chi connectivity index (χ1v) is 5.52. The fourth-order valence-electron chi connectivity index (χ4n) is 2.05. The van der Waals surface area contributed by atoms with Gasteiger partial charge in [0.25, 0.3) is 0 Å². The summed E-state index contributed by atoms with van der Waals surface area (Å²) in [5.74, 6) is 0.483. The molecule has 0 aliphatic carbocycles. The summed E-state index contributed by atoms with van der Waals surface area (Å²) in [5, 5.41) is 0. The van der Waals surface area contributed by atoms with Crippen LogP contribution < -0.4 is 11.5 Å². The Balaban J connectivity index is 2.06. The van der Waals surface area contributed by atoms with Gasteiger partial charge in [0, 0.05) is 25.2 Å². The zero-order chi connectivity index (χ0) is 11.5. The third kappa shape index (κ3) is 2.17. The Labute approximate surface area is 95.2 Å². The van der Waals surface area contributed by atoms with Crippen molar-refractivity contribution in [3.8, 4) is 0 Å². The first-order chi connectivity index (χ1) is 7.70. The molecule has 0 radical (unpaired) electrons. The van der Waals surface area contributed by atoms with E-state index in [2.05, 4.69) is 0 Å². The van der Waals surface area contributed by atoms with Gasteiger partial charge in [-0.25, -0.2) is 0 Å². The van der Waals surface area contributed by atoms with Crippen LogP contribution in [0, 0.1) is 5.92 Å². The Hall–Kier alpha value is -1.55. The van der Waals surface area contributed by atoms with E-state index in [0.717, 1.165) is 17.8 Å². The average Bonchev–Trinajstić information content (AvgIpc) is 2.63. The van der Waals surface area contributed by atoms with Gasteiger partial charge in [-0.15, -0.1) is 0 Å². The zero-order valence-corrected chi connectivity index (χ0v) is 9.23. The maximum Gasteiger partial charge on any atom is 0.223 e. The topological polar surface area (TPSA) is 72.4 Å². The molecule has 2 rings (SSSR count). The van der Waals surface area contributed by atoms with Gasteiger partial charge in [0.05, 0.1) is 0 Å². The van der Waals surface area contributed by atoms with E-state index in [1.54, 1.807) is 0 Å². The molecule has 0 spiro atoms. The average molecular weight is 219 g/mol. The summed E-state index contributed by atoms with van der Waals surface area (Å²) in [6.45, 7) is 1.93. The van der Waals surface area contributed by atoms with Crippen LogP contribution in [-0.4, -0.2) is 23.9 Å². The number of benzene rings is 1. The smallest absolute Gasteiger partial charge is 0.223 e. The van der Waals surface area contributed by atoms with E-state index in [0.29, 0.717) is 25.4 Å². The molecule has 1 saturated heterocycles. The minimum absolute atomic E-state index is 0.179. The molecule has 1 aromatic rings. The van der Waals surface area contributed by atoms with Crippen molar-refractivity contribution in [3.05, 3.63) is 29.8 Å². The molecule has 4 N–H and O–H groups in total. The molecule has 1 amide bonds. The van der Waals surface area contributed by atoms with E-state index in [4.69, 9.17) is 11.5 Å². The van der Waals surface area contributed by atoms with Gasteiger partial charge >= 0.3 is 0 Å². The number of nitrogen functional groups attached to an aromatic ring is 1. The summed E-state index contributed by atoms with van der Waals surface area (Å²) in [5.41, 5.74) is 13.2. The number of nitrogens with zero attached hydrogens (tertiary/aromatic N) is 1. The number of carbonyl (C=O) groups excluding carboxylic acids is 1. The third-order valence-corrected chi connectivity index (χ3v) is 3.04. The molecule has 0 bridgehead atoms. The second kappa shape index (κ2) is 4.53. The number of amides is 1. The van der Waals surface area contributed by atoms with Crippen molar-refractivity contribution in [2.24, 2.45) is 11.7 Å². The van der Waals surface area contributed by atoms with Gasteiger partial charge in [0.15, 0.2) is 0 Å². The summed E-state index contributed by atoms with van der Waals surface area (Å²) in [4.78, 5) is 13.5. The van der Waals surface area contributed by atoms with Gasteiger partial charge in [-0.3, -0.25) is 4.79 Å². The lowest BCUT2D eigenvalue weighted by Crippen LogP contribution is -2.26. The van der Waals surface area contributed by atoms with E-state index in [1.165, 1.54) is 0 Å². The van der Waals surface area contributed by atoms with E-state index >= 15 is 0 Å². The van der Waals surface area contributed by atoms with E-state index < -0.39 is 0 Å². The van der Waals surface area contributed by atoms with Crippen LogP contribution in [0.25, 0.3) is 0 Å². The molecule has 4 heteroatoms. The molecule has 1 aliphatic heterocycles. The van der Waals surface area contributed by atoms with E-state index in [9.17, 15) is 4.79 Å². The standard InChI is InChI=1S/C12H17N3O/c13-6-9-5-12(16)15(7-9)8-10-3-1-2-4-11(10)14/h1-4,9H,5-8,13-14H2. The van der Waals surface area contributed by atoms with Gasteiger partial charge in [-0.05, 0) is 24.1 Å². The molecule has 1 heterocycles. The van der Waals surface area contributed by atoms with Gasteiger partial charge in [-0.1, -0.05) is 18.2 Å². The first kappa shape index (κ1) is 11.0. The van der Waals surface area contributed by atoms with Crippen molar-refractivity contribution in [1.29, 1.82) is 0 Å². The van der Waals surface area contributed by atoms with Gasteiger partial charge < -0.3 is 16.4 Å². The maximum absolute atomic E-state index is 11.7. The zero-order valence-electron chi connectivity index (χ0n) is 9.23. The van der Waals surface area contributed by atoms with Crippen molar-refractivity contribution in [1.82, 2.24) is 4.90 Å². The Morgan fingerprint density at radius 2 is 2.12 bits per heavy atom. The van der Waals surface area contributed by atoms with Crippen LogP contribution in [0.5, 0.6) is 0 Å². The minimum Gasteiger partial charge on any atom is -0.398 e. The molecule has 1 atom stereocenters. The van der Waals surface area contributed by atoms with Crippen LogP contribution in [0.1, 0.15) is 12.0 Å². The molecule has 16 heavy (non-hydrogen) atoms. The number of hydrogen-bond donors (Lipinski definition) is 2. The molecular formula is C12H17N3O. The Morgan fingerprint density at radius 1 is 1.38 bits per heavy atom. The van der Waals surface area contributed by atoms with Crippen LogP contribution in [0.3, 0.4) is 0 Å². The Morgan fingerprint density at radius 3 is 2.75 bits per heavy atom. The van der Waals surface area contributed by atoms with Crippen molar-refractivity contribution in [2.75, 3.05) is 18.8 Å². The highest BCUT2D eigenvalue weighted by atomic mass is 16.2. The quantitative estimate of drug-likeness (QED) is 0.730. The Bertz CT molecular complexity index is 392. The summed E-state index contributed by atoms with van der Waals surface area (Å²) in [7, 11) is 0. The highest BCUT2D eigenvalue weighted by Gasteiger charge is 2.28. The molecule has 0 aromatic heterocycles. The van der Waals surface area contributed by atoms with Gasteiger partial charge in [0.1, 0.15) is 0 Å². The molecule has 0 saturated carbocycles. The maximum atomic E-state index is 11.7. The monoisotopic (exact) mass is 219 g/mol. The minimum atomic E-state index is 0.179. The van der Waals surface area contributed by atoms with Crippen molar-refractivity contribution in [3.63, 3.8) is 0 Å². The number of nitrogens with two attached hydrogens (primary N) is 2. The lowest BCUT2D eigenvalue weighted by molar-refractivity contribution is -0.128. The molecular weight excluding hydrogens is 202 g/mol. The second-order valence-corrected chi connectivity index (χ2v) is 4.28. The number of likely N-dealkylation sites (tertiary alicyclic amines) is 1. The van der Waals surface area contributed by atoms with Gasteiger partial charge in [-0.2, -0.15) is 0 Å². The van der Waals surface area contributed by atoms with Crippen LogP contribution in [-0.2, 0) is 11.3 Å². The van der Waals surface area contributed by atoms with Crippen molar-refractivity contribution < 1.29 is 4.79 Å². The SMILES string of the molecule is NCC1CC(=O)N(Cc2ccccc2N)C1. The van der Waals surface area contributed by atoms with E-state index in [-0.39, 0.29) is 5.91 Å². The number of carbonyl (C=O) groups is 1. The number of anilines is 1. The van der Waals surface area contributed by atoms with Crippen molar-refractivity contribution in [2.45, 2.75) is 13.0 Å². The van der Waals surface area contributed by atoms with Gasteiger partial charge in [0.2, 0.25) is 5.91 Å². The Kier molecular flexibility index (Phi) is 3.10. The lowest BCUT2D eigenvalue weighted by Gasteiger charge is -2.17. The highest BCUT2D eigenvalue weighted by molar-refractivity contribution is 5.78. The molecule has 1 fully saturated rings. The third-order valence-electron chi connectivity index (χ3n) is 3.04.